The highest BCUT2D eigenvalue weighted by Crippen LogP contribution is 2.21. The van der Waals surface area contributed by atoms with Gasteiger partial charge in [-0.1, -0.05) is 43.7 Å². The lowest BCUT2D eigenvalue weighted by Crippen LogP contribution is -2.52. The van der Waals surface area contributed by atoms with Gasteiger partial charge < -0.3 is 10.2 Å². The summed E-state index contributed by atoms with van der Waals surface area (Å²) in [6, 6.07) is 11.5. The summed E-state index contributed by atoms with van der Waals surface area (Å²) in [5.41, 5.74) is 1.99. The molecule has 35 heavy (non-hydrogen) atoms. The highest BCUT2D eigenvalue weighted by atomic mass is 32.2. The first-order chi connectivity index (χ1) is 16.3. The van der Waals surface area contributed by atoms with Crippen LogP contribution in [0.5, 0.6) is 0 Å². The number of nitrogens with one attached hydrogen (secondary N) is 1. The molecule has 2 amide bonds. The van der Waals surface area contributed by atoms with Gasteiger partial charge in [0.15, 0.2) is 0 Å². The van der Waals surface area contributed by atoms with Crippen LogP contribution in [0.1, 0.15) is 31.9 Å². The topological polar surface area (TPSA) is 90.0 Å². The van der Waals surface area contributed by atoms with Crippen LogP contribution in [0.2, 0.25) is 0 Å². The molecule has 0 fully saturated rings. The second-order valence-corrected chi connectivity index (χ2v) is 11.2. The number of anilines is 1. The summed E-state index contributed by atoms with van der Waals surface area (Å²) in [6.07, 6.45) is 0. The molecule has 2 rings (SSSR count). The molecule has 0 spiro atoms. The van der Waals surface area contributed by atoms with Crippen molar-refractivity contribution in [3.05, 3.63) is 65.5 Å². The summed E-state index contributed by atoms with van der Waals surface area (Å²) >= 11 is 0. The van der Waals surface area contributed by atoms with Crippen molar-refractivity contribution in [1.29, 1.82) is 0 Å². The van der Waals surface area contributed by atoms with Crippen molar-refractivity contribution in [1.82, 2.24) is 14.5 Å². The van der Waals surface area contributed by atoms with Crippen LogP contribution >= 0.6 is 0 Å². The lowest BCUT2D eigenvalue weighted by molar-refractivity contribution is -0.139. The van der Waals surface area contributed by atoms with Gasteiger partial charge in [0.05, 0.1) is 5.69 Å². The number of carbonyl (C=O) groups excluding carboxylic acids is 2. The third-order valence-corrected chi connectivity index (χ3v) is 7.28. The van der Waals surface area contributed by atoms with Gasteiger partial charge in [-0.25, -0.2) is 8.70 Å². The second-order valence-electron chi connectivity index (χ2n) is 9.10. The van der Waals surface area contributed by atoms with Crippen LogP contribution in [-0.4, -0.2) is 62.7 Å². The number of carbonyl (C=O) groups is 2. The number of amides is 2. The van der Waals surface area contributed by atoms with E-state index in [1.54, 1.807) is 6.92 Å². The van der Waals surface area contributed by atoms with Crippen molar-refractivity contribution >= 4 is 27.7 Å². The molecule has 1 unspecified atom stereocenters. The van der Waals surface area contributed by atoms with E-state index in [0.717, 1.165) is 31.9 Å². The van der Waals surface area contributed by atoms with Gasteiger partial charge >= 0.3 is 10.2 Å². The number of hydrogen-bond donors (Lipinski definition) is 1. The van der Waals surface area contributed by atoms with Crippen LogP contribution in [0.15, 0.2) is 48.5 Å². The van der Waals surface area contributed by atoms with Crippen LogP contribution in [-0.2, 0) is 26.3 Å². The SMILES string of the molecule is Cc1ccc(CN(C(=O)CN(c2ccc(F)cc2)S(=O)(=O)N(C)C)C(C)C(=O)NCC(C)C)cc1. The van der Waals surface area contributed by atoms with E-state index in [-0.39, 0.29) is 24.1 Å². The molecule has 0 aliphatic heterocycles. The van der Waals surface area contributed by atoms with Gasteiger partial charge in [-0.3, -0.25) is 9.59 Å². The Bertz CT molecular complexity index is 1100. The number of halogens is 1. The molecule has 1 atom stereocenters. The van der Waals surface area contributed by atoms with Crippen LogP contribution < -0.4 is 9.62 Å². The maximum Gasteiger partial charge on any atom is 0.304 e. The largest absolute Gasteiger partial charge is 0.354 e. The molecule has 0 radical (unpaired) electrons. The average Bonchev–Trinajstić information content (AvgIpc) is 2.80. The normalized spacial score (nSPS) is 12.5. The Morgan fingerprint density at radius 2 is 1.54 bits per heavy atom. The first-order valence-electron chi connectivity index (χ1n) is 11.4. The van der Waals surface area contributed by atoms with Gasteiger partial charge in [0.25, 0.3) is 0 Å². The fourth-order valence-electron chi connectivity index (χ4n) is 3.25. The van der Waals surface area contributed by atoms with E-state index in [1.807, 2.05) is 45.0 Å². The van der Waals surface area contributed by atoms with Crippen molar-refractivity contribution in [3.8, 4) is 0 Å². The molecule has 0 aliphatic carbocycles. The highest BCUT2D eigenvalue weighted by Gasteiger charge is 2.32. The van der Waals surface area contributed by atoms with E-state index in [0.29, 0.717) is 6.54 Å². The molecule has 0 aromatic heterocycles. The van der Waals surface area contributed by atoms with Crippen LogP contribution in [0.4, 0.5) is 10.1 Å². The predicted octanol–water partition coefficient (Wildman–Crippen LogP) is 2.94. The van der Waals surface area contributed by atoms with E-state index in [4.69, 9.17) is 0 Å². The number of benzene rings is 2. The van der Waals surface area contributed by atoms with Crippen molar-refractivity contribution in [3.63, 3.8) is 0 Å². The van der Waals surface area contributed by atoms with Crippen molar-refractivity contribution in [2.45, 2.75) is 40.3 Å². The van der Waals surface area contributed by atoms with E-state index in [9.17, 15) is 22.4 Å². The van der Waals surface area contributed by atoms with Crippen LogP contribution in [0, 0.1) is 18.7 Å². The second kappa shape index (κ2) is 12.1. The zero-order valence-corrected chi connectivity index (χ0v) is 22.0. The Morgan fingerprint density at radius 1 is 0.971 bits per heavy atom. The molecule has 8 nitrogen and oxygen atoms in total. The molecule has 0 bridgehead atoms. The molecule has 192 valence electrons. The number of nitrogens with zero attached hydrogens (tertiary/aromatic N) is 3. The molecule has 2 aromatic rings. The average molecular weight is 507 g/mol. The summed E-state index contributed by atoms with van der Waals surface area (Å²) < 4.78 is 41.5. The molecular formula is C25H35FN4O4S. The maximum absolute atomic E-state index is 13.6. The molecule has 0 heterocycles. The molecule has 0 saturated carbocycles. The Labute approximate surface area is 207 Å². The summed E-state index contributed by atoms with van der Waals surface area (Å²) in [5, 5.41) is 2.84. The Morgan fingerprint density at radius 3 is 2.06 bits per heavy atom. The molecule has 0 aliphatic rings. The van der Waals surface area contributed by atoms with Gasteiger partial charge in [-0.2, -0.15) is 12.7 Å². The first-order valence-corrected chi connectivity index (χ1v) is 12.8. The predicted molar refractivity (Wildman–Crippen MR) is 135 cm³/mol. The molecule has 10 heteroatoms. The van der Waals surface area contributed by atoms with Crippen molar-refractivity contribution < 1.29 is 22.4 Å². The summed E-state index contributed by atoms with van der Waals surface area (Å²) in [7, 11) is -1.38. The van der Waals surface area contributed by atoms with E-state index in [2.05, 4.69) is 5.32 Å². The van der Waals surface area contributed by atoms with E-state index in [1.165, 1.54) is 31.1 Å². The standard InChI is InChI=1S/C25H35FN4O4S/c1-18(2)15-27-25(32)20(4)29(16-21-9-7-19(3)8-10-21)24(31)17-30(35(33,34)28(5)6)23-13-11-22(26)12-14-23/h7-14,18,20H,15-17H2,1-6H3,(H,27,32). The molecular weight excluding hydrogens is 471 g/mol. The van der Waals surface area contributed by atoms with Gasteiger partial charge in [-0.05, 0) is 49.6 Å². The van der Waals surface area contributed by atoms with E-state index < -0.39 is 34.5 Å². The van der Waals surface area contributed by atoms with Gasteiger partial charge in [0.1, 0.15) is 18.4 Å². The molecule has 0 saturated heterocycles. The molecule has 1 N–H and O–H groups in total. The third-order valence-electron chi connectivity index (χ3n) is 5.46. The van der Waals surface area contributed by atoms with Crippen molar-refractivity contribution in [2.24, 2.45) is 5.92 Å². The Kier molecular flexibility index (Phi) is 9.79. The summed E-state index contributed by atoms with van der Waals surface area (Å²) in [4.78, 5) is 27.8. The Balaban J connectivity index is 2.41. The fraction of sp³-hybridized carbons (Fsp3) is 0.440. The zero-order valence-electron chi connectivity index (χ0n) is 21.2. The first kappa shape index (κ1) is 28.3. The summed E-state index contributed by atoms with van der Waals surface area (Å²) in [5.74, 6) is -1.19. The zero-order chi connectivity index (χ0) is 26.3. The monoisotopic (exact) mass is 506 g/mol. The lowest BCUT2D eigenvalue weighted by Gasteiger charge is -2.33. The third kappa shape index (κ3) is 7.76. The maximum atomic E-state index is 13.6. The van der Waals surface area contributed by atoms with Crippen LogP contribution in [0.3, 0.4) is 0 Å². The minimum Gasteiger partial charge on any atom is -0.354 e. The lowest BCUT2D eigenvalue weighted by atomic mass is 10.1. The van der Waals surface area contributed by atoms with Gasteiger partial charge in [0.2, 0.25) is 11.8 Å². The van der Waals surface area contributed by atoms with Crippen molar-refractivity contribution in [2.75, 3.05) is 31.5 Å². The number of aryl methyl sites for hydroxylation is 1. The summed E-state index contributed by atoms with van der Waals surface area (Å²) in [6.45, 7) is 7.51. The quantitative estimate of drug-likeness (QED) is 0.508. The van der Waals surface area contributed by atoms with Gasteiger partial charge in [0, 0.05) is 27.2 Å². The Hall–Kier alpha value is -2.98. The highest BCUT2D eigenvalue weighted by molar-refractivity contribution is 7.90. The number of hydrogen-bond acceptors (Lipinski definition) is 4. The fourth-order valence-corrected chi connectivity index (χ4v) is 4.31. The smallest absolute Gasteiger partial charge is 0.304 e. The minimum absolute atomic E-state index is 0.120. The molecule has 2 aromatic carbocycles. The van der Waals surface area contributed by atoms with E-state index >= 15 is 0 Å². The van der Waals surface area contributed by atoms with Gasteiger partial charge in [-0.15, -0.1) is 0 Å². The number of rotatable bonds is 11. The van der Waals surface area contributed by atoms with Crippen LogP contribution in [0.25, 0.3) is 0 Å². The minimum atomic E-state index is -4.08.